The first-order chi connectivity index (χ1) is 15.2. The van der Waals surface area contributed by atoms with E-state index in [-0.39, 0.29) is 11.9 Å². The zero-order chi connectivity index (χ0) is 21.5. The Bertz CT molecular complexity index is 1140. The highest BCUT2D eigenvalue weighted by Gasteiger charge is 2.13. The number of rotatable bonds is 10. The van der Waals surface area contributed by atoms with Gasteiger partial charge in [-0.1, -0.05) is 73.5 Å². The van der Waals surface area contributed by atoms with Gasteiger partial charge in [0, 0.05) is 11.8 Å². The number of aromatic amines is 1. The summed E-state index contributed by atoms with van der Waals surface area (Å²) >= 11 is 0. The first-order valence-electron chi connectivity index (χ1n) is 10.8. The predicted molar refractivity (Wildman–Crippen MR) is 123 cm³/mol. The zero-order valence-corrected chi connectivity index (χ0v) is 17.5. The molecule has 4 N–H and O–H groups in total. The fourth-order valence-electron chi connectivity index (χ4n) is 3.73. The van der Waals surface area contributed by atoms with Crippen LogP contribution in [0.3, 0.4) is 0 Å². The molecular weight excluding hydrogens is 388 g/mol. The molecule has 6 heteroatoms. The minimum atomic E-state index is -0.144. The van der Waals surface area contributed by atoms with Crippen molar-refractivity contribution in [2.24, 2.45) is 5.73 Å². The van der Waals surface area contributed by atoms with Gasteiger partial charge in [0.25, 0.3) is 0 Å². The molecule has 3 aromatic carbocycles. The Morgan fingerprint density at radius 1 is 1.00 bits per heavy atom. The number of nitrogens with two attached hydrogens (primary N) is 1. The predicted octanol–water partition coefficient (Wildman–Crippen LogP) is 4.91. The Labute approximate surface area is 181 Å². The van der Waals surface area contributed by atoms with Crippen molar-refractivity contribution in [3.8, 4) is 0 Å². The van der Waals surface area contributed by atoms with E-state index in [9.17, 15) is 4.79 Å². The number of hydrogen-bond acceptors (Lipinski definition) is 4. The number of H-pyrrole nitrogens is 1. The van der Waals surface area contributed by atoms with Crippen molar-refractivity contribution in [1.29, 1.82) is 0 Å². The summed E-state index contributed by atoms with van der Waals surface area (Å²) in [5.74, 6) is 0.725. The maximum atomic E-state index is 11.9. The summed E-state index contributed by atoms with van der Waals surface area (Å²) in [5, 5.41) is 2.31. The smallest absolute Gasteiger partial charge is 0.243 e. The number of aromatic nitrogens is 2. The van der Waals surface area contributed by atoms with E-state index in [2.05, 4.69) is 34.7 Å². The third-order valence-electron chi connectivity index (χ3n) is 5.43. The van der Waals surface area contributed by atoms with Gasteiger partial charge in [0.15, 0.2) is 0 Å². The zero-order valence-electron chi connectivity index (χ0n) is 17.5. The van der Waals surface area contributed by atoms with Gasteiger partial charge in [-0.2, -0.15) is 0 Å². The molecule has 0 saturated heterocycles. The third-order valence-corrected chi connectivity index (χ3v) is 5.43. The van der Waals surface area contributed by atoms with Gasteiger partial charge >= 0.3 is 0 Å². The summed E-state index contributed by atoms with van der Waals surface area (Å²) in [6, 6.07) is 22.0. The van der Waals surface area contributed by atoms with Crippen molar-refractivity contribution in [3.63, 3.8) is 0 Å². The van der Waals surface area contributed by atoms with Gasteiger partial charge in [0.2, 0.25) is 5.91 Å². The Morgan fingerprint density at radius 3 is 2.68 bits per heavy atom. The number of hydroxylamine groups is 1. The van der Waals surface area contributed by atoms with Crippen LogP contribution in [0.1, 0.15) is 49.5 Å². The van der Waals surface area contributed by atoms with Crippen LogP contribution >= 0.6 is 0 Å². The maximum Gasteiger partial charge on any atom is 0.243 e. The lowest BCUT2D eigenvalue weighted by atomic mass is 10.1. The minimum absolute atomic E-state index is 0.0932. The number of nitrogens with zero attached hydrogens (tertiary/aromatic N) is 1. The fraction of sp³-hybridized carbons (Fsp3) is 0.280. The Kier molecular flexibility index (Phi) is 6.92. The number of benzene rings is 3. The van der Waals surface area contributed by atoms with E-state index in [0.717, 1.165) is 53.5 Å². The fourth-order valence-corrected chi connectivity index (χ4v) is 3.73. The lowest BCUT2D eigenvalue weighted by molar-refractivity contribution is -0.134. The van der Waals surface area contributed by atoms with Gasteiger partial charge in [-0.15, -0.1) is 0 Å². The van der Waals surface area contributed by atoms with Crippen LogP contribution in [-0.4, -0.2) is 15.9 Å². The molecule has 4 aromatic rings. The van der Waals surface area contributed by atoms with Gasteiger partial charge in [-0.3, -0.25) is 9.63 Å². The quantitative estimate of drug-likeness (QED) is 0.253. The third kappa shape index (κ3) is 5.48. The number of hydrogen-bond donors (Lipinski definition) is 3. The van der Waals surface area contributed by atoms with Crippen molar-refractivity contribution in [1.82, 2.24) is 15.4 Å². The first-order valence-corrected chi connectivity index (χ1v) is 10.8. The number of amides is 1. The minimum Gasteiger partial charge on any atom is -0.341 e. The van der Waals surface area contributed by atoms with E-state index in [1.165, 1.54) is 5.39 Å². The number of fused-ring (bicyclic) bond motifs is 3. The van der Waals surface area contributed by atoms with Gasteiger partial charge in [0.05, 0.1) is 23.7 Å². The molecule has 0 aliphatic rings. The summed E-state index contributed by atoms with van der Waals surface area (Å²) in [6.45, 7) is 0.369. The summed E-state index contributed by atoms with van der Waals surface area (Å²) in [7, 11) is 0. The maximum absolute atomic E-state index is 11.9. The molecule has 0 saturated carbocycles. The lowest BCUT2D eigenvalue weighted by Crippen LogP contribution is -2.23. The second kappa shape index (κ2) is 10.2. The first kappa shape index (κ1) is 21.0. The van der Waals surface area contributed by atoms with Crippen LogP contribution in [0.25, 0.3) is 21.8 Å². The molecule has 1 heterocycles. The molecule has 160 valence electrons. The van der Waals surface area contributed by atoms with Gasteiger partial charge in [-0.05, 0) is 29.9 Å². The Morgan fingerprint density at radius 2 is 1.81 bits per heavy atom. The van der Waals surface area contributed by atoms with Crippen LogP contribution < -0.4 is 11.2 Å². The molecule has 0 spiro atoms. The van der Waals surface area contributed by atoms with Crippen LogP contribution in [-0.2, 0) is 16.2 Å². The second-order valence-corrected chi connectivity index (χ2v) is 7.81. The van der Waals surface area contributed by atoms with Gasteiger partial charge < -0.3 is 10.7 Å². The molecule has 0 radical (unpaired) electrons. The van der Waals surface area contributed by atoms with Crippen molar-refractivity contribution in [2.75, 3.05) is 0 Å². The van der Waals surface area contributed by atoms with Gasteiger partial charge in [0.1, 0.15) is 5.82 Å². The molecule has 4 rings (SSSR count). The van der Waals surface area contributed by atoms with Crippen LogP contribution in [0, 0.1) is 0 Å². The number of carbonyl (C=O) groups excluding carboxylic acids is 1. The molecule has 1 amide bonds. The van der Waals surface area contributed by atoms with Gasteiger partial charge in [-0.25, -0.2) is 10.5 Å². The van der Waals surface area contributed by atoms with E-state index in [1.54, 1.807) is 0 Å². The molecule has 0 unspecified atom stereocenters. The van der Waals surface area contributed by atoms with Crippen LogP contribution in [0.4, 0.5) is 0 Å². The molecule has 0 fully saturated rings. The Balaban J connectivity index is 1.18. The van der Waals surface area contributed by atoms with Crippen LogP contribution in [0.15, 0.2) is 66.7 Å². The van der Waals surface area contributed by atoms with Crippen molar-refractivity contribution in [3.05, 3.63) is 78.1 Å². The molecule has 1 aromatic heterocycles. The van der Waals surface area contributed by atoms with Crippen LogP contribution in [0.5, 0.6) is 0 Å². The number of carbonyl (C=O) groups is 1. The molecule has 31 heavy (non-hydrogen) atoms. The van der Waals surface area contributed by atoms with E-state index in [1.807, 2.05) is 42.5 Å². The number of nitrogens with one attached hydrogen (secondary N) is 2. The van der Waals surface area contributed by atoms with Crippen molar-refractivity contribution >= 4 is 27.7 Å². The molecule has 0 aliphatic heterocycles. The second-order valence-electron chi connectivity index (χ2n) is 7.81. The highest BCUT2D eigenvalue weighted by atomic mass is 16.6. The highest BCUT2D eigenvalue weighted by molar-refractivity contribution is 6.04. The number of unbranched alkanes of at least 4 members (excludes halogenated alkanes) is 2. The normalized spacial score (nSPS) is 12.3. The molecule has 0 aliphatic carbocycles. The summed E-state index contributed by atoms with van der Waals surface area (Å²) < 4.78 is 0. The standard InChI is InChI=1S/C25H28N4O2/c26-21(25-27-22-16-15-19-11-7-8-12-20(19)24(22)28-25)13-5-2-6-14-23(30)29-31-17-18-9-3-1-4-10-18/h1,3-4,7-12,15-16,21H,2,5-6,13-14,17,26H2,(H,27,28)(H,29,30)/t21-/m0/s1. The summed E-state index contributed by atoms with van der Waals surface area (Å²) in [5.41, 5.74) is 11.9. The molecule has 0 bridgehead atoms. The highest BCUT2D eigenvalue weighted by Crippen LogP contribution is 2.25. The molecule has 6 nitrogen and oxygen atoms in total. The topological polar surface area (TPSA) is 93.0 Å². The molecule has 1 atom stereocenters. The van der Waals surface area contributed by atoms with E-state index >= 15 is 0 Å². The SMILES string of the molecule is N[C@@H](CCCCCC(=O)NOCc1ccccc1)c1nc2c(ccc3ccccc32)[nH]1. The lowest BCUT2D eigenvalue weighted by Gasteiger charge is -2.09. The molecular formula is C25H28N4O2. The Hall–Kier alpha value is -3.22. The van der Waals surface area contributed by atoms with E-state index < -0.39 is 0 Å². The van der Waals surface area contributed by atoms with Crippen molar-refractivity contribution in [2.45, 2.75) is 44.8 Å². The van der Waals surface area contributed by atoms with E-state index in [4.69, 9.17) is 15.6 Å². The largest absolute Gasteiger partial charge is 0.341 e. The summed E-state index contributed by atoms with van der Waals surface area (Å²) in [4.78, 5) is 25.3. The van der Waals surface area contributed by atoms with Crippen molar-refractivity contribution < 1.29 is 9.63 Å². The van der Waals surface area contributed by atoms with E-state index in [0.29, 0.717) is 13.0 Å². The van der Waals surface area contributed by atoms with Crippen LogP contribution in [0.2, 0.25) is 0 Å². The average Bonchev–Trinajstić information content (AvgIpc) is 3.25. The number of imidazole rings is 1. The summed E-state index contributed by atoms with van der Waals surface area (Å²) in [6.07, 6.45) is 3.95. The average molecular weight is 417 g/mol. The monoisotopic (exact) mass is 416 g/mol.